The van der Waals surface area contributed by atoms with Gasteiger partial charge >= 0.3 is 27.3 Å². The van der Waals surface area contributed by atoms with Gasteiger partial charge in [-0.05, 0) is 19.4 Å². The van der Waals surface area contributed by atoms with Gasteiger partial charge in [-0.3, -0.25) is 9.35 Å². The van der Waals surface area contributed by atoms with Gasteiger partial charge in [-0.15, -0.1) is 0 Å². The van der Waals surface area contributed by atoms with Crippen LogP contribution in [0.3, 0.4) is 0 Å². The van der Waals surface area contributed by atoms with E-state index in [9.17, 15) is 26.8 Å². The lowest BCUT2D eigenvalue weighted by Crippen LogP contribution is -2.48. The van der Waals surface area contributed by atoms with E-state index >= 15 is 0 Å². The van der Waals surface area contributed by atoms with Crippen molar-refractivity contribution < 1.29 is 50.3 Å². The van der Waals surface area contributed by atoms with Gasteiger partial charge in [0.1, 0.15) is 13.2 Å². The third-order valence-corrected chi connectivity index (χ3v) is 4.84. The van der Waals surface area contributed by atoms with Gasteiger partial charge in [0, 0.05) is 6.42 Å². The molecule has 1 aromatic carbocycles. The van der Waals surface area contributed by atoms with Crippen LogP contribution in [0.5, 0.6) is 0 Å². The van der Waals surface area contributed by atoms with Crippen LogP contribution in [0, 0.1) is 0 Å². The van der Waals surface area contributed by atoms with E-state index in [1.807, 2.05) is 6.07 Å². The fourth-order valence-electron chi connectivity index (χ4n) is 2.79. The number of benzene rings is 1. The highest BCUT2D eigenvalue weighted by Gasteiger charge is 2.54. The standard InChI is InChI=1S/C18H22F2O9S/c1-17(2)28-13(9-15(21)26-10-12-6-4-3-5-7-12)8-14(29-17)11-27-16(22)18(19,20)30(23,24)25/h3-7,13-14H,8-11H2,1-2H3,(H,23,24,25). The van der Waals surface area contributed by atoms with E-state index in [1.165, 1.54) is 13.8 Å². The number of hydrogen-bond acceptors (Lipinski definition) is 8. The maximum Gasteiger partial charge on any atom is 0.465 e. The van der Waals surface area contributed by atoms with Gasteiger partial charge in [0.05, 0.1) is 18.6 Å². The summed E-state index contributed by atoms with van der Waals surface area (Å²) in [4.78, 5) is 23.4. The normalized spacial score (nSPS) is 21.6. The summed E-state index contributed by atoms with van der Waals surface area (Å²) in [5, 5.41) is -5.10. The largest absolute Gasteiger partial charge is 0.465 e. The van der Waals surface area contributed by atoms with Crippen LogP contribution in [0.15, 0.2) is 30.3 Å². The minimum Gasteiger partial charge on any atom is -0.461 e. The Kier molecular flexibility index (Phi) is 7.50. The highest BCUT2D eigenvalue weighted by molar-refractivity contribution is 7.87. The number of esters is 2. The molecule has 1 saturated heterocycles. The number of carbonyl (C=O) groups excluding carboxylic acids is 2. The lowest BCUT2D eigenvalue weighted by Gasteiger charge is -2.40. The molecule has 2 rings (SSSR count). The molecule has 0 bridgehead atoms. The topological polar surface area (TPSA) is 125 Å². The molecule has 1 N–H and O–H groups in total. The van der Waals surface area contributed by atoms with Crippen molar-refractivity contribution in [3.8, 4) is 0 Å². The van der Waals surface area contributed by atoms with E-state index < -0.39 is 51.9 Å². The summed E-state index contributed by atoms with van der Waals surface area (Å²) in [6, 6.07) is 8.99. The van der Waals surface area contributed by atoms with Crippen molar-refractivity contribution >= 4 is 22.1 Å². The zero-order valence-electron chi connectivity index (χ0n) is 16.2. The molecule has 0 aromatic heterocycles. The Hall–Kier alpha value is -2.15. The Morgan fingerprint density at radius 3 is 2.37 bits per heavy atom. The molecule has 9 nitrogen and oxygen atoms in total. The molecule has 0 amide bonds. The second kappa shape index (κ2) is 9.33. The van der Waals surface area contributed by atoms with Crippen LogP contribution in [-0.2, 0) is 45.3 Å². The number of hydrogen-bond donors (Lipinski definition) is 1. The van der Waals surface area contributed by atoms with E-state index in [0.717, 1.165) is 5.56 Å². The molecule has 0 radical (unpaired) electrons. The van der Waals surface area contributed by atoms with Gasteiger partial charge in [-0.1, -0.05) is 30.3 Å². The first kappa shape index (κ1) is 24.1. The Morgan fingerprint density at radius 1 is 1.17 bits per heavy atom. The van der Waals surface area contributed by atoms with E-state index in [4.69, 9.17) is 18.8 Å². The first-order chi connectivity index (χ1) is 13.8. The van der Waals surface area contributed by atoms with Crippen molar-refractivity contribution in [2.45, 2.75) is 56.5 Å². The molecule has 30 heavy (non-hydrogen) atoms. The molecular formula is C18H22F2O9S. The van der Waals surface area contributed by atoms with E-state index in [-0.39, 0.29) is 19.4 Å². The third-order valence-electron chi connectivity index (χ3n) is 4.03. The van der Waals surface area contributed by atoms with Crippen molar-refractivity contribution in [2.24, 2.45) is 0 Å². The van der Waals surface area contributed by atoms with Crippen LogP contribution in [0.4, 0.5) is 8.78 Å². The molecular weight excluding hydrogens is 430 g/mol. The molecule has 0 saturated carbocycles. The third kappa shape index (κ3) is 6.69. The molecule has 12 heteroatoms. The lowest BCUT2D eigenvalue weighted by atomic mass is 10.1. The molecule has 0 aliphatic carbocycles. The van der Waals surface area contributed by atoms with Crippen LogP contribution < -0.4 is 0 Å². The van der Waals surface area contributed by atoms with Crippen molar-refractivity contribution in [1.29, 1.82) is 0 Å². The van der Waals surface area contributed by atoms with Gasteiger partial charge in [-0.2, -0.15) is 17.2 Å². The van der Waals surface area contributed by atoms with Gasteiger partial charge < -0.3 is 18.9 Å². The maximum absolute atomic E-state index is 13.3. The van der Waals surface area contributed by atoms with Crippen LogP contribution in [-0.4, -0.2) is 54.8 Å². The maximum atomic E-state index is 13.3. The Bertz CT molecular complexity index is 856. The van der Waals surface area contributed by atoms with Gasteiger partial charge in [0.15, 0.2) is 5.79 Å². The predicted octanol–water partition coefficient (Wildman–Crippen LogP) is 2.05. The monoisotopic (exact) mass is 452 g/mol. The number of halogens is 2. The zero-order chi connectivity index (χ0) is 22.6. The average Bonchev–Trinajstić information content (AvgIpc) is 2.63. The quantitative estimate of drug-likeness (QED) is 0.466. The summed E-state index contributed by atoms with van der Waals surface area (Å²) in [7, 11) is -5.97. The molecule has 1 aromatic rings. The van der Waals surface area contributed by atoms with Gasteiger partial charge in [-0.25, -0.2) is 4.79 Å². The molecule has 168 valence electrons. The van der Waals surface area contributed by atoms with E-state index in [0.29, 0.717) is 0 Å². The summed E-state index contributed by atoms with van der Waals surface area (Å²) in [6.45, 7) is 2.36. The molecule has 2 atom stereocenters. The minimum atomic E-state index is -5.97. The number of alkyl halides is 2. The van der Waals surface area contributed by atoms with Crippen molar-refractivity contribution in [3.63, 3.8) is 0 Å². The Balaban J connectivity index is 1.90. The fourth-order valence-corrected chi connectivity index (χ4v) is 3.06. The van der Waals surface area contributed by atoms with Crippen LogP contribution in [0.25, 0.3) is 0 Å². The van der Waals surface area contributed by atoms with Gasteiger partial charge in [0.25, 0.3) is 0 Å². The SMILES string of the molecule is CC1(C)OC(COC(=O)C(F)(F)S(=O)(=O)O)CC(CC(=O)OCc2ccccc2)O1. The van der Waals surface area contributed by atoms with Crippen LogP contribution >= 0.6 is 0 Å². The van der Waals surface area contributed by atoms with Gasteiger partial charge in [0.2, 0.25) is 0 Å². The molecule has 1 fully saturated rings. The average molecular weight is 452 g/mol. The highest BCUT2D eigenvalue weighted by atomic mass is 32.2. The molecule has 1 aliphatic heterocycles. The lowest BCUT2D eigenvalue weighted by molar-refractivity contribution is -0.305. The molecule has 0 spiro atoms. The number of ether oxygens (including phenoxy) is 4. The number of carbonyl (C=O) groups is 2. The second-order valence-corrected chi connectivity index (χ2v) is 8.52. The van der Waals surface area contributed by atoms with E-state index in [1.54, 1.807) is 24.3 Å². The Labute approximate surface area is 172 Å². The molecule has 1 heterocycles. The van der Waals surface area contributed by atoms with Crippen molar-refractivity contribution in [3.05, 3.63) is 35.9 Å². The smallest absolute Gasteiger partial charge is 0.461 e. The fraction of sp³-hybridized carbons (Fsp3) is 0.556. The predicted molar refractivity (Wildman–Crippen MR) is 96.8 cm³/mol. The summed E-state index contributed by atoms with van der Waals surface area (Å²) in [5.74, 6) is -4.22. The van der Waals surface area contributed by atoms with Crippen molar-refractivity contribution in [2.75, 3.05) is 6.61 Å². The summed E-state index contributed by atoms with van der Waals surface area (Å²) in [5.41, 5.74) is 0.795. The minimum absolute atomic E-state index is 0.00536. The number of rotatable bonds is 8. The summed E-state index contributed by atoms with van der Waals surface area (Å²) < 4.78 is 76.7. The second-order valence-electron chi connectivity index (χ2n) is 7.06. The van der Waals surface area contributed by atoms with Crippen molar-refractivity contribution in [1.82, 2.24) is 0 Å². The first-order valence-electron chi connectivity index (χ1n) is 8.87. The summed E-state index contributed by atoms with van der Waals surface area (Å²) in [6.07, 6.45) is -1.84. The first-order valence-corrected chi connectivity index (χ1v) is 10.3. The van der Waals surface area contributed by atoms with Crippen LogP contribution in [0.2, 0.25) is 0 Å². The highest BCUT2D eigenvalue weighted by Crippen LogP contribution is 2.29. The molecule has 2 unspecified atom stereocenters. The zero-order valence-corrected chi connectivity index (χ0v) is 17.1. The van der Waals surface area contributed by atoms with E-state index in [2.05, 4.69) is 4.74 Å². The van der Waals surface area contributed by atoms with Crippen LogP contribution in [0.1, 0.15) is 32.3 Å². The summed E-state index contributed by atoms with van der Waals surface area (Å²) >= 11 is 0. The molecule has 1 aliphatic rings. The Morgan fingerprint density at radius 2 is 1.77 bits per heavy atom.